The van der Waals surface area contributed by atoms with E-state index in [1.54, 1.807) is 4.90 Å². The van der Waals surface area contributed by atoms with Gasteiger partial charge in [0.05, 0.1) is 12.5 Å². The lowest BCUT2D eigenvalue weighted by Gasteiger charge is -2.33. The maximum absolute atomic E-state index is 13.0. The fourth-order valence-electron chi connectivity index (χ4n) is 5.71. The average molecular weight is 569 g/mol. The number of amides is 1. The zero-order valence-corrected chi connectivity index (χ0v) is 25.1. The van der Waals surface area contributed by atoms with Crippen LogP contribution >= 0.6 is 0 Å². The first-order chi connectivity index (χ1) is 19.7. The number of esters is 1. The zero-order chi connectivity index (χ0) is 29.4. The van der Waals surface area contributed by atoms with E-state index in [0.29, 0.717) is 25.9 Å². The molecule has 9 heteroatoms. The number of carbonyl (C=O) groups excluding carboxylic acids is 2. The van der Waals surface area contributed by atoms with E-state index in [4.69, 9.17) is 9.47 Å². The van der Waals surface area contributed by atoms with Crippen LogP contribution in [0.2, 0.25) is 0 Å². The summed E-state index contributed by atoms with van der Waals surface area (Å²) in [7, 11) is 2.05. The summed E-state index contributed by atoms with van der Waals surface area (Å²) < 4.78 is 12.0. The molecule has 41 heavy (non-hydrogen) atoms. The van der Waals surface area contributed by atoms with E-state index in [1.807, 2.05) is 32.9 Å². The van der Waals surface area contributed by atoms with Crippen LogP contribution in [0.4, 0.5) is 10.5 Å². The molecule has 1 aromatic rings. The Kier molecular flexibility index (Phi) is 11.2. The van der Waals surface area contributed by atoms with Crippen molar-refractivity contribution in [2.75, 3.05) is 64.3 Å². The van der Waals surface area contributed by atoms with E-state index in [2.05, 4.69) is 52.5 Å². The van der Waals surface area contributed by atoms with Gasteiger partial charge in [-0.25, -0.2) is 4.79 Å². The van der Waals surface area contributed by atoms with Crippen LogP contribution < -0.4 is 10.2 Å². The topological polar surface area (TPSA) is 94.6 Å². The number of anilines is 1. The highest BCUT2D eigenvalue weighted by atomic mass is 16.6. The van der Waals surface area contributed by atoms with E-state index >= 15 is 0 Å². The summed E-state index contributed by atoms with van der Waals surface area (Å²) in [4.78, 5) is 32.2. The number of piperazine rings is 2. The van der Waals surface area contributed by atoms with Crippen LogP contribution in [0, 0.1) is 11.8 Å². The van der Waals surface area contributed by atoms with Crippen molar-refractivity contribution in [1.82, 2.24) is 15.1 Å². The molecule has 0 aliphatic carbocycles. The highest BCUT2D eigenvalue weighted by Crippen LogP contribution is 2.27. The normalized spacial score (nSPS) is 30.1. The summed E-state index contributed by atoms with van der Waals surface area (Å²) in [6, 6.07) is 8.42. The molecule has 1 amide bonds. The average Bonchev–Trinajstić information content (AvgIpc) is 2.97. The SMILES string of the molecule is C/C(=C\c1cccc(N2CCNCC2)c1)[C@H]1OC(=O)C[C@H](O)CC[C@H](C)[C@@H](OC(=O)N2CCN(C)CC2)/C=C\[C@@H]1C. The summed E-state index contributed by atoms with van der Waals surface area (Å²) in [5.74, 6) is -0.584. The largest absolute Gasteiger partial charge is 0.457 e. The molecule has 2 fully saturated rings. The van der Waals surface area contributed by atoms with Crippen LogP contribution in [-0.4, -0.2) is 105 Å². The molecule has 3 aliphatic heterocycles. The van der Waals surface area contributed by atoms with Gasteiger partial charge in [0.25, 0.3) is 0 Å². The number of rotatable bonds is 4. The first-order valence-corrected chi connectivity index (χ1v) is 15.1. The Bertz CT molecular complexity index is 1080. The standard InChI is InChI=1S/C32H48N4O5/c1-23-8-10-28(37)22-30(38)41-31(24(2)9-11-29(23)40-32(39)36-18-16-34(4)17-19-36)25(3)20-26-6-5-7-27(21-26)35-14-12-33-13-15-35/h5-7,9,11,20-21,23-24,28-29,31,33,37H,8,10,12-19,22H2,1-4H3/b11-9-,25-20+/t23-,24-,28+,29-,31-/m0/s1. The van der Waals surface area contributed by atoms with Crippen molar-refractivity contribution in [3.63, 3.8) is 0 Å². The second-order valence-corrected chi connectivity index (χ2v) is 11.9. The third-order valence-electron chi connectivity index (χ3n) is 8.45. The minimum absolute atomic E-state index is 0.0113. The summed E-state index contributed by atoms with van der Waals surface area (Å²) in [6.45, 7) is 12.8. The maximum atomic E-state index is 13.0. The number of hydrogen-bond donors (Lipinski definition) is 2. The predicted molar refractivity (Wildman–Crippen MR) is 162 cm³/mol. The van der Waals surface area contributed by atoms with Gasteiger partial charge in [0.2, 0.25) is 0 Å². The fraction of sp³-hybridized carbons (Fsp3) is 0.625. The molecule has 0 unspecified atom stereocenters. The van der Waals surface area contributed by atoms with Gasteiger partial charge in [0.1, 0.15) is 12.2 Å². The van der Waals surface area contributed by atoms with E-state index < -0.39 is 24.3 Å². The molecule has 2 N–H and O–H groups in total. The molecule has 3 heterocycles. The van der Waals surface area contributed by atoms with E-state index in [0.717, 1.165) is 50.4 Å². The van der Waals surface area contributed by atoms with Gasteiger partial charge in [-0.3, -0.25) is 4.79 Å². The molecule has 0 saturated carbocycles. The summed E-state index contributed by atoms with van der Waals surface area (Å²) in [5.41, 5.74) is 3.14. The lowest BCUT2D eigenvalue weighted by atomic mass is 9.91. The molecule has 5 atom stereocenters. The van der Waals surface area contributed by atoms with Gasteiger partial charge in [-0.2, -0.15) is 0 Å². The molecule has 1 aromatic carbocycles. The van der Waals surface area contributed by atoms with E-state index in [-0.39, 0.29) is 24.3 Å². The highest BCUT2D eigenvalue weighted by Gasteiger charge is 2.29. The predicted octanol–water partition coefficient (Wildman–Crippen LogP) is 3.54. The van der Waals surface area contributed by atoms with Crippen LogP contribution in [0.25, 0.3) is 6.08 Å². The van der Waals surface area contributed by atoms with Crippen molar-refractivity contribution in [3.8, 4) is 0 Å². The second kappa shape index (κ2) is 14.8. The zero-order valence-electron chi connectivity index (χ0n) is 25.1. The van der Waals surface area contributed by atoms with Gasteiger partial charge < -0.3 is 34.6 Å². The Hall–Kier alpha value is -2.88. The Balaban J connectivity index is 1.53. The van der Waals surface area contributed by atoms with Gasteiger partial charge >= 0.3 is 12.1 Å². The number of nitrogens with one attached hydrogen (secondary N) is 1. The Morgan fingerprint density at radius 2 is 1.80 bits per heavy atom. The highest BCUT2D eigenvalue weighted by molar-refractivity contribution is 5.71. The van der Waals surface area contributed by atoms with Crippen molar-refractivity contribution < 1.29 is 24.2 Å². The number of carbonyl (C=O) groups is 2. The molecule has 226 valence electrons. The molecule has 0 bridgehead atoms. The number of aliphatic hydroxyl groups excluding tert-OH is 1. The number of nitrogens with zero attached hydrogens (tertiary/aromatic N) is 3. The molecular formula is C32H48N4O5. The number of benzene rings is 1. The van der Waals surface area contributed by atoms with Gasteiger partial charge in [0, 0.05) is 64.0 Å². The molecule has 9 nitrogen and oxygen atoms in total. The first-order valence-electron chi connectivity index (χ1n) is 15.1. The van der Waals surface area contributed by atoms with Crippen LogP contribution in [0.3, 0.4) is 0 Å². The fourth-order valence-corrected chi connectivity index (χ4v) is 5.71. The molecule has 2 saturated heterocycles. The van der Waals surface area contributed by atoms with Crippen molar-refractivity contribution in [3.05, 3.63) is 47.6 Å². The number of hydrogen-bond acceptors (Lipinski definition) is 8. The third-order valence-corrected chi connectivity index (χ3v) is 8.45. The minimum atomic E-state index is -0.807. The number of likely N-dealkylation sites (N-methyl/N-ethyl adjacent to an activating group) is 1. The van der Waals surface area contributed by atoms with Gasteiger partial charge in [-0.05, 0) is 62.1 Å². The second-order valence-electron chi connectivity index (χ2n) is 11.9. The Morgan fingerprint density at radius 1 is 1.07 bits per heavy atom. The Labute approximate surface area is 245 Å². The molecule has 4 rings (SSSR count). The van der Waals surface area contributed by atoms with Crippen molar-refractivity contribution in [2.45, 2.75) is 58.3 Å². The molecule has 0 radical (unpaired) electrons. The third kappa shape index (κ3) is 9.05. The van der Waals surface area contributed by atoms with Gasteiger partial charge in [0.15, 0.2) is 0 Å². The molecule has 0 spiro atoms. The lowest BCUT2D eigenvalue weighted by molar-refractivity contribution is -0.151. The number of ether oxygens (including phenoxy) is 2. The van der Waals surface area contributed by atoms with Crippen LogP contribution in [0.1, 0.15) is 45.6 Å². The lowest BCUT2D eigenvalue weighted by Crippen LogP contribution is -2.48. The van der Waals surface area contributed by atoms with Crippen LogP contribution in [-0.2, 0) is 14.3 Å². The van der Waals surface area contributed by atoms with E-state index in [1.165, 1.54) is 5.69 Å². The van der Waals surface area contributed by atoms with Crippen molar-refractivity contribution in [2.24, 2.45) is 11.8 Å². The summed E-state index contributed by atoms with van der Waals surface area (Å²) >= 11 is 0. The number of aliphatic hydroxyl groups is 1. The van der Waals surface area contributed by atoms with Crippen LogP contribution in [0.5, 0.6) is 0 Å². The van der Waals surface area contributed by atoms with Crippen molar-refractivity contribution in [1.29, 1.82) is 0 Å². The molecular weight excluding hydrogens is 520 g/mol. The minimum Gasteiger partial charge on any atom is -0.457 e. The van der Waals surface area contributed by atoms with E-state index in [9.17, 15) is 14.7 Å². The molecule has 3 aliphatic rings. The van der Waals surface area contributed by atoms with Gasteiger partial charge in [-0.1, -0.05) is 38.1 Å². The quantitative estimate of drug-likeness (QED) is 0.421. The number of cyclic esters (lactones) is 1. The van der Waals surface area contributed by atoms with Gasteiger partial charge in [-0.15, -0.1) is 0 Å². The maximum Gasteiger partial charge on any atom is 0.410 e. The molecule has 0 aromatic heterocycles. The monoisotopic (exact) mass is 568 g/mol. The summed E-state index contributed by atoms with van der Waals surface area (Å²) in [6.07, 6.45) is 4.95. The Morgan fingerprint density at radius 3 is 2.54 bits per heavy atom. The first kappa shape index (κ1) is 31.1. The van der Waals surface area contributed by atoms with Crippen molar-refractivity contribution >= 4 is 23.8 Å². The summed E-state index contributed by atoms with van der Waals surface area (Å²) in [5, 5.41) is 14.0. The van der Waals surface area contributed by atoms with Crippen LogP contribution in [0.15, 0.2) is 42.0 Å². The smallest absolute Gasteiger partial charge is 0.410 e.